The summed E-state index contributed by atoms with van der Waals surface area (Å²) in [5.74, 6) is 1.29. The number of nitrogens with zero attached hydrogens (tertiary/aromatic N) is 1. The number of halogens is 2. The lowest BCUT2D eigenvalue weighted by atomic mass is 10.1. The molecule has 0 fully saturated rings. The van der Waals surface area contributed by atoms with Crippen molar-refractivity contribution in [1.82, 2.24) is 4.98 Å². The van der Waals surface area contributed by atoms with E-state index in [9.17, 15) is 4.79 Å². The minimum Gasteiger partial charge on any atom is -0.495 e. The molecule has 2 aromatic heterocycles. The highest BCUT2D eigenvalue weighted by molar-refractivity contribution is 7.22. The molecule has 0 unspecified atom stereocenters. The third kappa shape index (κ3) is 4.55. The Morgan fingerprint density at radius 2 is 1.82 bits per heavy atom. The molecule has 0 aliphatic heterocycles. The van der Waals surface area contributed by atoms with Crippen LogP contribution in [-0.2, 0) is 4.79 Å². The van der Waals surface area contributed by atoms with Crippen LogP contribution >= 0.6 is 34.5 Å². The van der Waals surface area contributed by atoms with E-state index in [1.54, 1.807) is 26.5 Å². The number of rotatable bonds is 7. The van der Waals surface area contributed by atoms with Gasteiger partial charge in [-0.2, -0.15) is 0 Å². The summed E-state index contributed by atoms with van der Waals surface area (Å²) in [7, 11) is 3.09. The molecule has 0 saturated carbocycles. The largest absolute Gasteiger partial charge is 0.495 e. The SMILES string of the molecule is C=CC(=O)Nc1cccc(C)c1Nc1cc2sc(-c3c(Cl)c(OC)cc(OC)c3Cl)cc2cn1. The normalized spacial score (nSPS) is 10.7. The smallest absolute Gasteiger partial charge is 0.247 e. The second-order valence-electron chi connectivity index (χ2n) is 7.32. The molecule has 0 bridgehead atoms. The minimum absolute atomic E-state index is 0.289. The topological polar surface area (TPSA) is 72.5 Å². The first-order valence-corrected chi connectivity index (χ1v) is 11.7. The number of hydrogen-bond donors (Lipinski definition) is 2. The summed E-state index contributed by atoms with van der Waals surface area (Å²) in [5, 5.41) is 7.90. The van der Waals surface area contributed by atoms with Crippen molar-refractivity contribution in [3.05, 3.63) is 70.9 Å². The third-order valence-corrected chi connectivity index (χ3v) is 7.06. The average molecular weight is 514 g/mol. The van der Waals surface area contributed by atoms with Crippen LogP contribution in [0, 0.1) is 6.92 Å². The zero-order valence-electron chi connectivity index (χ0n) is 18.7. The van der Waals surface area contributed by atoms with Crippen molar-refractivity contribution in [2.75, 3.05) is 24.9 Å². The predicted molar refractivity (Wildman–Crippen MR) is 141 cm³/mol. The maximum atomic E-state index is 11.8. The highest BCUT2D eigenvalue weighted by Crippen LogP contribution is 2.48. The van der Waals surface area contributed by atoms with E-state index in [2.05, 4.69) is 22.2 Å². The van der Waals surface area contributed by atoms with Crippen LogP contribution < -0.4 is 20.1 Å². The van der Waals surface area contributed by atoms with E-state index < -0.39 is 0 Å². The molecule has 0 spiro atoms. The van der Waals surface area contributed by atoms with Gasteiger partial charge < -0.3 is 20.1 Å². The first-order chi connectivity index (χ1) is 16.4. The fourth-order valence-corrected chi connectivity index (χ4v) is 5.42. The lowest BCUT2D eigenvalue weighted by molar-refractivity contribution is -0.111. The van der Waals surface area contributed by atoms with Gasteiger partial charge in [-0.25, -0.2) is 4.98 Å². The first kappa shape index (κ1) is 23.9. The number of thiophene rings is 1. The lowest BCUT2D eigenvalue weighted by Crippen LogP contribution is -2.10. The van der Waals surface area contributed by atoms with Gasteiger partial charge in [0.1, 0.15) is 17.3 Å². The van der Waals surface area contributed by atoms with E-state index in [1.165, 1.54) is 17.4 Å². The van der Waals surface area contributed by atoms with E-state index in [4.69, 9.17) is 32.7 Å². The lowest BCUT2D eigenvalue weighted by Gasteiger charge is -2.14. The molecular formula is C25H21Cl2N3O3S. The molecular weight excluding hydrogens is 493 g/mol. The Bertz CT molecular complexity index is 1390. The first-order valence-electron chi connectivity index (χ1n) is 10.2. The summed E-state index contributed by atoms with van der Waals surface area (Å²) >= 11 is 14.7. The van der Waals surface area contributed by atoms with Crippen molar-refractivity contribution in [3.8, 4) is 21.9 Å². The number of amides is 1. The number of aromatic nitrogens is 1. The molecule has 9 heteroatoms. The number of nitrogens with one attached hydrogen (secondary N) is 2. The Hall–Kier alpha value is -3.26. The quantitative estimate of drug-likeness (QED) is 0.251. The number of anilines is 3. The number of pyridine rings is 1. The van der Waals surface area contributed by atoms with Crippen LogP contribution in [0.1, 0.15) is 5.56 Å². The predicted octanol–water partition coefficient (Wildman–Crippen LogP) is 7.46. The molecule has 0 aliphatic carbocycles. The fraction of sp³-hybridized carbons (Fsp3) is 0.120. The Morgan fingerprint density at radius 1 is 1.12 bits per heavy atom. The molecule has 2 heterocycles. The molecule has 1 amide bonds. The molecule has 0 saturated heterocycles. The van der Waals surface area contributed by atoms with Crippen LogP contribution in [0.4, 0.5) is 17.2 Å². The van der Waals surface area contributed by atoms with Crippen LogP contribution in [0.3, 0.4) is 0 Å². The second-order valence-corrected chi connectivity index (χ2v) is 9.16. The molecule has 174 valence electrons. The number of benzene rings is 2. The number of para-hydroxylation sites is 1. The van der Waals surface area contributed by atoms with Crippen LogP contribution in [0.25, 0.3) is 20.5 Å². The van der Waals surface area contributed by atoms with E-state index in [0.29, 0.717) is 38.6 Å². The third-order valence-electron chi connectivity index (χ3n) is 5.19. The summed E-state index contributed by atoms with van der Waals surface area (Å²) < 4.78 is 11.8. The van der Waals surface area contributed by atoms with E-state index in [0.717, 1.165) is 26.2 Å². The van der Waals surface area contributed by atoms with Crippen molar-refractivity contribution in [1.29, 1.82) is 0 Å². The summed E-state index contributed by atoms with van der Waals surface area (Å²) in [4.78, 5) is 17.3. The number of ether oxygens (including phenoxy) is 2. The zero-order chi connectivity index (χ0) is 24.4. The standard InChI is InChI=1S/C25H21Cl2N3O3S/c1-5-21(31)29-15-8-6-7-13(2)25(15)30-20-11-18-14(12-28-20)9-19(34-18)22-23(26)16(32-3)10-17(33-4)24(22)27/h5-12H,1H2,2-4H3,(H,28,30)(H,29,31). The number of methoxy groups -OCH3 is 2. The Balaban J connectivity index is 1.75. The van der Waals surface area contributed by atoms with E-state index in [-0.39, 0.29) is 5.91 Å². The van der Waals surface area contributed by atoms with Crippen molar-refractivity contribution in [2.45, 2.75) is 6.92 Å². The van der Waals surface area contributed by atoms with Crippen molar-refractivity contribution in [3.63, 3.8) is 0 Å². The summed E-state index contributed by atoms with van der Waals surface area (Å²) in [5.41, 5.74) is 2.99. The van der Waals surface area contributed by atoms with Gasteiger partial charge in [-0.05, 0) is 36.8 Å². The van der Waals surface area contributed by atoms with Crippen molar-refractivity contribution in [2.24, 2.45) is 0 Å². The van der Waals surface area contributed by atoms with Crippen LogP contribution in [0.15, 0.2) is 55.3 Å². The van der Waals surface area contributed by atoms with Gasteiger partial charge in [0, 0.05) is 32.8 Å². The summed E-state index contributed by atoms with van der Waals surface area (Å²) in [6.07, 6.45) is 3.00. The maximum absolute atomic E-state index is 11.8. The van der Waals surface area contributed by atoms with Crippen LogP contribution in [-0.4, -0.2) is 25.1 Å². The average Bonchev–Trinajstić information content (AvgIpc) is 3.24. The maximum Gasteiger partial charge on any atom is 0.247 e. The molecule has 6 nitrogen and oxygen atoms in total. The molecule has 0 aliphatic rings. The van der Waals surface area contributed by atoms with Gasteiger partial charge in [0.15, 0.2) is 0 Å². The number of carbonyl (C=O) groups excluding carboxylic acids is 1. The monoisotopic (exact) mass is 513 g/mol. The van der Waals surface area contributed by atoms with Gasteiger partial charge >= 0.3 is 0 Å². The zero-order valence-corrected chi connectivity index (χ0v) is 21.0. The number of aryl methyl sites for hydroxylation is 1. The Labute approximate surface area is 211 Å². The van der Waals surface area contributed by atoms with Crippen molar-refractivity contribution < 1.29 is 14.3 Å². The van der Waals surface area contributed by atoms with Gasteiger partial charge in [0.05, 0.1) is 35.6 Å². The van der Waals surface area contributed by atoms with Gasteiger partial charge in [0.25, 0.3) is 0 Å². The number of fused-ring (bicyclic) bond motifs is 1. The molecule has 34 heavy (non-hydrogen) atoms. The van der Waals surface area contributed by atoms with Crippen LogP contribution in [0.5, 0.6) is 11.5 Å². The fourth-order valence-electron chi connectivity index (χ4n) is 3.48. The minimum atomic E-state index is -0.289. The van der Waals surface area contributed by atoms with E-state index in [1.807, 2.05) is 37.3 Å². The van der Waals surface area contributed by atoms with Gasteiger partial charge in [-0.1, -0.05) is 41.9 Å². The highest BCUT2D eigenvalue weighted by Gasteiger charge is 2.20. The Morgan fingerprint density at radius 3 is 2.47 bits per heavy atom. The van der Waals surface area contributed by atoms with Gasteiger partial charge in [-0.3, -0.25) is 4.79 Å². The summed E-state index contributed by atoms with van der Waals surface area (Å²) in [6.45, 7) is 5.46. The van der Waals surface area contributed by atoms with Gasteiger partial charge in [0.2, 0.25) is 5.91 Å². The molecule has 4 aromatic rings. The number of hydrogen-bond acceptors (Lipinski definition) is 6. The van der Waals surface area contributed by atoms with E-state index >= 15 is 0 Å². The molecule has 2 aromatic carbocycles. The molecule has 2 N–H and O–H groups in total. The number of carbonyl (C=O) groups is 1. The molecule has 0 atom stereocenters. The molecule has 4 rings (SSSR count). The molecule has 0 radical (unpaired) electrons. The van der Waals surface area contributed by atoms with Crippen LogP contribution in [0.2, 0.25) is 10.0 Å². The second kappa shape index (κ2) is 9.93. The van der Waals surface area contributed by atoms with Gasteiger partial charge in [-0.15, -0.1) is 11.3 Å². The highest BCUT2D eigenvalue weighted by atomic mass is 35.5. The summed E-state index contributed by atoms with van der Waals surface area (Å²) in [6, 6.07) is 11.2. The Kier molecular flexibility index (Phi) is 6.97. The van der Waals surface area contributed by atoms with Crippen molar-refractivity contribution >= 4 is 67.7 Å².